The molecule has 2 heteroatoms. The van der Waals surface area contributed by atoms with E-state index in [1.165, 1.54) is 38.6 Å². The Bertz CT molecular complexity index is 116. The number of unbranched alkanes of at least 4 members (excludes halogenated alkanes) is 1. The largest absolute Gasteiger partial charge is 0.363 e. The van der Waals surface area contributed by atoms with Gasteiger partial charge in [0, 0.05) is 13.2 Å². The predicted molar refractivity (Wildman–Crippen MR) is 51.1 cm³/mol. The van der Waals surface area contributed by atoms with Crippen LogP contribution in [0.1, 0.15) is 39.0 Å². The van der Waals surface area contributed by atoms with Crippen LogP contribution in [0.4, 0.5) is 0 Å². The zero-order valence-corrected chi connectivity index (χ0v) is 8.38. The van der Waals surface area contributed by atoms with Crippen LogP contribution >= 0.6 is 0 Å². The molecule has 72 valence electrons. The van der Waals surface area contributed by atoms with Gasteiger partial charge in [0.1, 0.15) is 6.23 Å². The maximum atomic E-state index is 5.76. The number of hydrogen-bond donors (Lipinski definition) is 0. The molecule has 0 aromatic carbocycles. The van der Waals surface area contributed by atoms with Crippen molar-refractivity contribution in [3.8, 4) is 0 Å². The summed E-state index contributed by atoms with van der Waals surface area (Å²) in [6.07, 6.45) is 6.73. The minimum absolute atomic E-state index is 0.408. The molecule has 1 fully saturated rings. The van der Waals surface area contributed by atoms with E-state index < -0.39 is 0 Å². The lowest BCUT2D eigenvalue weighted by molar-refractivity contribution is -0.0680. The highest BCUT2D eigenvalue weighted by Gasteiger charge is 2.18. The number of ether oxygens (including phenoxy) is 1. The Morgan fingerprint density at radius 3 is 2.92 bits per heavy atom. The molecule has 0 spiro atoms. The summed E-state index contributed by atoms with van der Waals surface area (Å²) in [6.45, 7) is 4.34. The van der Waals surface area contributed by atoms with Crippen molar-refractivity contribution in [2.75, 3.05) is 20.2 Å². The van der Waals surface area contributed by atoms with E-state index in [0.29, 0.717) is 6.23 Å². The van der Waals surface area contributed by atoms with Gasteiger partial charge in [-0.15, -0.1) is 0 Å². The van der Waals surface area contributed by atoms with Gasteiger partial charge in [-0.05, 0) is 32.7 Å². The van der Waals surface area contributed by atoms with Crippen LogP contribution in [0, 0.1) is 0 Å². The van der Waals surface area contributed by atoms with Crippen molar-refractivity contribution in [3.63, 3.8) is 0 Å². The fourth-order valence-electron chi connectivity index (χ4n) is 1.62. The number of nitrogens with zero attached hydrogens (tertiary/aromatic N) is 1. The molecule has 0 aromatic rings. The number of likely N-dealkylation sites (tertiary alicyclic amines) is 1. The second-order valence-corrected chi connectivity index (χ2v) is 3.66. The highest BCUT2D eigenvalue weighted by molar-refractivity contribution is 4.65. The van der Waals surface area contributed by atoms with Gasteiger partial charge < -0.3 is 4.74 Å². The van der Waals surface area contributed by atoms with Gasteiger partial charge in [-0.1, -0.05) is 13.3 Å². The third-order valence-electron chi connectivity index (χ3n) is 2.51. The van der Waals surface area contributed by atoms with Gasteiger partial charge in [-0.25, -0.2) is 0 Å². The summed E-state index contributed by atoms with van der Waals surface area (Å²) in [7, 11) is 2.16. The van der Waals surface area contributed by atoms with Crippen LogP contribution < -0.4 is 0 Å². The smallest absolute Gasteiger partial charge is 0.110 e. The molecule has 1 atom stereocenters. The zero-order valence-electron chi connectivity index (χ0n) is 8.38. The van der Waals surface area contributed by atoms with Crippen molar-refractivity contribution in [3.05, 3.63) is 0 Å². The fraction of sp³-hybridized carbons (Fsp3) is 1.00. The molecule has 1 aliphatic heterocycles. The van der Waals surface area contributed by atoms with E-state index in [0.717, 1.165) is 6.61 Å². The summed E-state index contributed by atoms with van der Waals surface area (Å²) in [5.74, 6) is 0. The average molecular weight is 171 g/mol. The van der Waals surface area contributed by atoms with E-state index in [-0.39, 0.29) is 0 Å². The van der Waals surface area contributed by atoms with E-state index in [1.54, 1.807) is 0 Å². The van der Waals surface area contributed by atoms with E-state index in [9.17, 15) is 0 Å². The van der Waals surface area contributed by atoms with E-state index in [4.69, 9.17) is 4.74 Å². The quantitative estimate of drug-likeness (QED) is 0.601. The molecule has 0 radical (unpaired) electrons. The topological polar surface area (TPSA) is 12.5 Å². The Kier molecular flexibility index (Phi) is 4.62. The maximum Gasteiger partial charge on any atom is 0.110 e. The molecule has 1 unspecified atom stereocenters. The van der Waals surface area contributed by atoms with E-state index in [1.807, 2.05) is 0 Å². The molecule has 1 rings (SSSR count). The van der Waals surface area contributed by atoms with Crippen LogP contribution in [0.5, 0.6) is 0 Å². The second-order valence-electron chi connectivity index (χ2n) is 3.66. The second kappa shape index (κ2) is 5.55. The lowest BCUT2D eigenvalue weighted by Crippen LogP contribution is -2.38. The molecular weight excluding hydrogens is 150 g/mol. The summed E-state index contributed by atoms with van der Waals surface area (Å²) in [6, 6.07) is 0. The van der Waals surface area contributed by atoms with Crippen molar-refractivity contribution in [1.29, 1.82) is 0 Å². The van der Waals surface area contributed by atoms with Crippen LogP contribution in [-0.2, 0) is 4.74 Å². The minimum atomic E-state index is 0.408. The molecule has 0 saturated carbocycles. The van der Waals surface area contributed by atoms with Gasteiger partial charge in [0.15, 0.2) is 0 Å². The van der Waals surface area contributed by atoms with E-state index >= 15 is 0 Å². The van der Waals surface area contributed by atoms with Crippen molar-refractivity contribution >= 4 is 0 Å². The van der Waals surface area contributed by atoms with Gasteiger partial charge in [0.25, 0.3) is 0 Å². The maximum absolute atomic E-state index is 5.76. The van der Waals surface area contributed by atoms with Gasteiger partial charge in [0.05, 0.1) is 0 Å². The Morgan fingerprint density at radius 1 is 1.42 bits per heavy atom. The van der Waals surface area contributed by atoms with Crippen LogP contribution in [0.15, 0.2) is 0 Å². The molecule has 0 aliphatic carbocycles. The SMILES string of the molecule is CCCCOC1CCCCN1C. The lowest BCUT2D eigenvalue weighted by Gasteiger charge is -2.32. The standard InChI is InChI=1S/C10H21NO/c1-3-4-9-12-10-7-5-6-8-11(10)2/h10H,3-9H2,1-2H3. The highest BCUT2D eigenvalue weighted by atomic mass is 16.5. The van der Waals surface area contributed by atoms with Crippen LogP contribution in [0.2, 0.25) is 0 Å². The summed E-state index contributed by atoms with van der Waals surface area (Å²) >= 11 is 0. The first kappa shape index (κ1) is 10.0. The molecule has 0 aromatic heterocycles. The molecule has 0 bridgehead atoms. The third kappa shape index (κ3) is 3.11. The predicted octanol–water partition coefficient (Wildman–Crippen LogP) is 2.24. The first-order valence-corrected chi connectivity index (χ1v) is 5.16. The van der Waals surface area contributed by atoms with Gasteiger partial charge in [0.2, 0.25) is 0 Å². The summed E-state index contributed by atoms with van der Waals surface area (Å²) in [5.41, 5.74) is 0. The average Bonchev–Trinajstić information content (AvgIpc) is 2.09. The molecule has 12 heavy (non-hydrogen) atoms. The number of piperidine rings is 1. The monoisotopic (exact) mass is 171 g/mol. The molecular formula is C10H21NO. The number of rotatable bonds is 4. The molecule has 0 N–H and O–H groups in total. The lowest BCUT2D eigenvalue weighted by atomic mass is 10.1. The number of hydrogen-bond acceptors (Lipinski definition) is 2. The fourth-order valence-corrected chi connectivity index (χ4v) is 1.62. The zero-order chi connectivity index (χ0) is 8.81. The van der Waals surface area contributed by atoms with Gasteiger partial charge in [-0.2, -0.15) is 0 Å². The minimum Gasteiger partial charge on any atom is -0.363 e. The van der Waals surface area contributed by atoms with Crippen molar-refractivity contribution in [1.82, 2.24) is 4.90 Å². The van der Waals surface area contributed by atoms with Crippen molar-refractivity contribution in [2.45, 2.75) is 45.3 Å². The first-order valence-electron chi connectivity index (χ1n) is 5.16. The third-order valence-corrected chi connectivity index (χ3v) is 2.51. The Hall–Kier alpha value is -0.0800. The molecule has 0 amide bonds. The van der Waals surface area contributed by atoms with Crippen LogP contribution in [0.25, 0.3) is 0 Å². The van der Waals surface area contributed by atoms with Crippen LogP contribution in [0.3, 0.4) is 0 Å². The first-order chi connectivity index (χ1) is 5.84. The summed E-state index contributed by atoms with van der Waals surface area (Å²) in [5, 5.41) is 0. The summed E-state index contributed by atoms with van der Waals surface area (Å²) in [4.78, 5) is 2.33. The normalized spacial score (nSPS) is 26.0. The van der Waals surface area contributed by atoms with E-state index in [2.05, 4.69) is 18.9 Å². The van der Waals surface area contributed by atoms with Gasteiger partial charge >= 0.3 is 0 Å². The van der Waals surface area contributed by atoms with Crippen molar-refractivity contribution in [2.24, 2.45) is 0 Å². The van der Waals surface area contributed by atoms with Crippen molar-refractivity contribution < 1.29 is 4.74 Å². The Balaban J connectivity index is 2.11. The molecule has 1 saturated heterocycles. The molecule has 1 aliphatic rings. The molecule has 1 heterocycles. The van der Waals surface area contributed by atoms with Gasteiger partial charge in [-0.3, -0.25) is 4.90 Å². The molecule has 2 nitrogen and oxygen atoms in total. The van der Waals surface area contributed by atoms with Crippen LogP contribution in [-0.4, -0.2) is 31.3 Å². The highest BCUT2D eigenvalue weighted by Crippen LogP contribution is 2.15. The Morgan fingerprint density at radius 2 is 2.25 bits per heavy atom. The Labute approximate surface area is 75.9 Å². The summed E-state index contributed by atoms with van der Waals surface area (Å²) < 4.78 is 5.76.